The number of para-hydroxylation sites is 1. The van der Waals surface area contributed by atoms with Crippen molar-refractivity contribution in [3.05, 3.63) is 57.8 Å². The molecule has 3 N–H and O–H groups in total. The Morgan fingerprint density at radius 2 is 1.80 bits per heavy atom. The highest BCUT2D eigenvalue weighted by Gasteiger charge is 2.14. The van der Waals surface area contributed by atoms with Crippen molar-refractivity contribution in [2.24, 2.45) is 0 Å². The maximum absolute atomic E-state index is 13.6. The zero-order chi connectivity index (χ0) is 14.7. The molecule has 0 atom stereocenters. The minimum absolute atomic E-state index is 0.136. The van der Waals surface area contributed by atoms with E-state index < -0.39 is 11.7 Å². The number of benzene rings is 2. The fraction of sp³-hybridized carbons (Fsp3) is 0.0714. The third kappa shape index (κ3) is 3.21. The molecule has 0 fully saturated rings. The number of carbonyl (C=O) groups is 1. The number of hydrogen-bond acceptors (Lipinski definition) is 2. The number of nitrogen functional groups attached to an aromatic ring is 1. The second-order valence-corrected chi connectivity index (χ2v) is 4.94. The summed E-state index contributed by atoms with van der Waals surface area (Å²) in [7, 11) is 0. The first kappa shape index (κ1) is 14.6. The van der Waals surface area contributed by atoms with Crippen molar-refractivity contribution in [1.82, 2.24) is 0 Å². The van der Waals surface area contributed by atoms with Crippen molar-refractivity contribution in [3.63, 3.8) is 0 Å². The zero-order valence-corrected chi connectivity index (χ0v) is 11.8. The van der Waals surface area contributed by atoms with E-state index >= 15 is 0 Å². The van der Waals surface area contributed by atoms with Gasteiger partial charge in [-0.1, -0.05) is 35.3 Å². The Labute approximate surface area is 125 Å². The summed E-state index contributed by atoms with van der Waals surface area (Å²) in [5.74, 6) is -0.975. The molecule has 0 radical (unpaired) electrons. The maximum Gasteiger partial charge on any atom is 0.229 e. The number of nitrogens with two attached hydrogens (primary N) is 1. The van der Waals surface area contributed by atoms with Crippen molar-refractivity contribution in [2.75, 3.05) is 11.1 Å². The summed E-state index contributed by atoms with van der Waals surface area (Å²) in [6, 6.07) is 9.13. The quantitative estimate of drug-likeness (QED) is 0.845. The molecule has 0 saturated carbocycles. The number of anilines is 2. The first-order chi connectivity index (χ1) is 9.49. The summed E-state index contributed by atoms with van der Waals surface area (Å²) in [6.07, 6.45) is -0.198. The van der Waals surface area contributed by atoms with Crippen LogP contribution in [-0.2, 0) is 11.2 Å². The van der Waals surface area contributed by atoms with Crippen LogP contribution in [0.2, 0.25) is 10.0 Å². The largest absolute Gasteiger partial charge is 0.397 e. The van der Waals surface area contributed by atoms with Gasteiger partial charge in [-0.05, 0) is 24.3 Å². The Balaban J connectivity index is 2.18. The van der Waals surface area contributed by atoms with Gasteiger partial charge in [0.15, 0.2) is 0 Å². The van der Waals surface area contributed by atoms with Crippen LogP contribution in [0.3, 0.4) is 0 Å². The summed E-state index contributed by atoms with van der Waals surface area (Å²) in [5, 5.41) is 3.08. The van der Waals surface area contributed by atoms with Crippen LogP contribution < -0.4 is 11.1 Å². The van der Waals surface area contributed by atoms with Crippen molar-refractivity contribution in [2.45, 2.75) is 6.42 Å². The van der Waals surface area contributed by atoms with Crippen LogP contribution in [-0.4, -0.2) is 5.91 Å². The molecular formula is C14H11Cl2FN2O. The minimum atomic E-state index is -0.528. The van der Waals surface area contributed by atoms with E-state index in [9.17, 15) is 9.18 Å². The van der Waals surface area contributed by atoms with Crippen molar-refractivity contribution in [1.29, 1.82) is 0 Å². The third-order valence-electron chi connectivity index (χ3n) is 2.71. The molecule has 104 valence electrons. The summed E-state index contributed by atoms with van der Waals surface area (Å²) < 4.78 is 13.6. The monoisotopic (exact) mass is 312 g/mol. The molecule has 0 heterocycles. The van der Waals surface area contributed by atoms with E-state index in [1.54, 1.807) is 18.2 Å². The molecule has 0 aliphatic rings. The van der Waals surface area contributed by atoms with Gasteiger partial charge in [-0.2, -0.15) is 0 Å². The number of rotatable bonds is 3. The smallest absolute Gasteiger partial charge is 0.229 e. The number of nitrogens with one attached hydrogen (secondary N) is 1. The van der Waals surface area contributed by atoms with Gasteiger partial charge in [-0.25, -0.2) is 4.39 Å². The predicted octanol–water partition coefficient (Wildman–Crippen LogP) is 3.90. The van der Waals surface area contributed by atoms with Crippen LogP contribution in [0, 0.1) is 5.82 Å². The van der Waals surface area contributed by atoms with Gasteiger partial charge < -0.3 is 11.1 Å². The van der Waals surface area contributed by atoms with Crippen molar-refractivity contribution < 1.29 is 9.18 Å². The third-order valence-corrected chi connectivity index (χ3v) is 3.38. The van der Waals surface area contributed by atoms with Crippen LogP contribution in [0.4, 0.5) is 15.8 Å². The number of carbonyl (C=O) groups excluding carboxylic acids is 1. The van der Waals surface area contributed by atoms with Crippen LogP contribution in [0.15, 0.2) is 36.4 Å². The van der Waals surface area contributed by atoms with Gasteiger partial charge in [0.05, 0.1) is 22.8 Å². The number of amides is 1. The van der Waals surface area contributed by atoms with E-state index in [-0.39, 0.29) is 17.0 Å². The lowest BCUT2D eigenvalue weighted by Crippen LogP contribution is -2.16. The highest BCUT2D eigenvalue weighted by Crippen LogP contribution is 2.28. The molecular weight excluding hydrogens is 302 g/mol. The molecule has 0 spiro atoms. The molecule has 0 aliphatic heterocycles. The molecule has 0 aromatic heterocycles. The Morgan fingerprint density at radius 1 is 1.15 bits per heavy atom. The molecule has 20 heavy (non-hydrogen) atoms. The average molecular weight is 313 g/mol. The van der Waals surface area contributed by atoms with Gasteiger partial charge in [0, 0.05) is 10.6 Å². The van der Waals surface area contributed by atoms with Gasteiger partial charge in [0.25, 0.3) is 0 Å². The lowest BCUT2D eigenvalue weighted by Gasteiger charge is -2.11. The molecule has 2 aromatic carbocycles. The highest BCUT2D eigenvalue weighted by molar-refractivity contribution is 6.34. The lowest BCUT2D eigenvalue weighted by atomic mass is 10.1. The summed E-state index contributed by atoms with van der Waals surface area (Å²) in [4.78, 5) is 11.9. The fourth-order valence-corrected chi connectivity index (χ4v) is 2.18. The standard InChI is InChI=1S/C14H11Cl2FN2O/c15-9-3-1-5-11(17)8(9)7-13(20)19-14-10(16)4-2-6-12(14)18/h1-6H,7,18H2,(H,19,20). The van der Waals surface area contributed by atoms with E-state index in [1.165, 1.54) is 18.2 Å². The van der Waals surface area contributed by atoms with Gasteiger partial charge in [0.2, 0.25) is 5.91 Å². The highest BCUT2D eigenvalue weighted by atomic mass is 35.5. The van der Waals surface area contributed by atoms with E-state index in [2.05, 4.69) is 5.32 Å². The Bertz CT molecular complexity index is 566. The first-order valence-electron chi connectivity index (χ1n) is 5.75. The van der Waals surface area contributed by atoms with Gasteiger partial charge in [0.1, 0.15) is 5.82 Å². The average Bonchev–Trinajstić information content (AvgIpc) is 2.39. The normalized spacial score (nSPS) is 10.3. The zero-order valence-electron chi connectivity index (χ0n) is 10.3. The van der Waals surface area contributed by atoms with E-state index in [4.69, 9.17) is 28.9 Å². The molecule has 0 bridgehead atoms. The van der Waals surface area contributed by atoms with Crippen molar-refractivity contribution >= 4 is 40.5 Å². The Kier molecular flexibility index (Phi) is 4.47. The van der Waals surface area contributed by atoms with Crippen LogP contribution in [0.1, 0.15) is 5.56 Å². The SMILES string of the molecule is Nc1cccc(Cl)c1NC(=O)Cc1c(F)cccc1Cl. The molecule has 1 amide bonds. The maximum atomic E-state index is 13.6. The second-order valence-electron chi connectivity index (χ2n) is 4.13. The fourth-order valence-electron chi connectivity index (χ4n) is 1.72. The van der Waals surface area contributed by atoms with E-state index in [0.717, 1.165) is 0 Å². The Morgan fingerprint density at radius 3 is 2.45 bits per heavy atom. The van der Waals surface area contributed by atoms with Crippen LogP contribution in [0.5, 0.6) is 0 Å². The summed E-state index contributed by atoms with van der Waals surface area (Å²) >= 11 is 11.8. The van der Waals surface area contributed by atoms with E-state index in [1.807, 2.05) is 0 Å². The molecule has 2 aromatic rings. The lowest BCUT2D eigenvalue weighted by molar-refractivity contribution is -0.115. The first-order valence-corrected chi connectivity index (χ1v) is 6.51. The van der Waals surface area contributed by atoms with Crippen LogP contribution >= 0.6 is 23.2 Å². The minimum Gasteiger partial charge on any atom is -0.397 e. The summed E-state index contributed by atoms with van der Waals surface area (Å²) in [5.41, 5.74) is 6.51. The number of hydrogen-bond donors (Lipinski definition) is 2. The predicted molar refractivity (Wildman–Crippen MR) is 79.6 cm³/mol. The topological polar surface area (TPSA) is 55.1 Å². The van der Waals surface area contributed by atoms with Gasteiger partial charge >= 0.3 is 0 Å². The van der Waals surface area contributed by atoms with Gasteiger partial charge in [-0.3, -0.25) is 4.79 Å². The molecule has 0 unspecified atom stereocenters. The molecule has 6 heteroatoms. The molecule has 2 rings (SSSR count). The van der Waals surface area contributed by atoms with Crippen molar-refractivity contribution in [3.8, 4) is 0 Å². The molecule has 0 saturated heterocycles. The second kappa shape index (κ2) is 6.11. The van der Waals surface area contributed by atoms with Crippen LogP contribution in [0.25, 0.3) is 0 Å². The Hall–Kier alpha value is -1.78. The number of halogens is 3. The molecule has 3 nitrogen and oxygen atoms in total. The van der Waals surface area contributed by atoms with E-state index in [0.29, 0.717) is 16.4 Å². The summed E-state index contributed by atoms with van der Waals surface area (Å²) in [6.45, 7) is 0. The van der Waals surface area contributed by atoms with Gasteiger partial charge in [-0.15, -0.1) is 0 Å². The molecule has 0 aliphatic carbocycles.